The molecule has 7 nitrogen and oxygen atoms in total. The van der Waals surface area contributed by atoms with Crippen molar-refractivity contribution in [1.29, 1.82) is 0 Å². The van der Waals surface area contributed by atoms with Crippen LogP contribution in [0.25, 0.3) is 16.6 Å². The molecule has 1 saturated heterocycles. The second kappa shape index (κ2) is 8.91. The number of hydrogen-bond acceptors (Lipinski definition) is 5. The Hall–Kier alpha value is -3.16. The number of nitrogens with two attached hydrogens (primary N) is 1. The molecule has 5 rings (SSSR count). The quantitative estimate of drug-likeness (QED) is 0.454. The Balaban J connectivity index is 1.12. The summed E-state index contributed by atoms with van der Waals surface area (Å²) < 4.78 is 1.94. The summed E-state index contributed by atoms with van der Waals surface area (Å²) in [5.41, 5.74) is 11.6. The van der Waals surface area contributed by atoms with Gasteiger partial charge >= 0.3 is 0 Å². The maximum atomic E-state index is 5.79. The van der Waals surface area contributed by atoms with Crippen LogP contribution in [0, 0.1) is 0 Å². The van der Waals surface area contributed by atoms with Crippen LogP contribution in [0.1, 0.15) is 17.5 Å². The van der Waals surface area contributed by atoms with Crippen LogP contribution >= 0.6 is 0 Å². The lowest BCUT2D eigenvalue weighted by Gasteiger charge is -2.34. The van der Waals surface area contributed by atoms with Gasteiger partial charge in [-0.15, -0.1) is 10.2 Å². The van der Waals surface area contributed by atoms with E-state index in [1.54, 1.807) is 12.7 Å². The van der Waals surface area contributed by atoms with Gasteiger partial charge in [-0.25, -0.2) is 0 Å². The van der Waals surface area contributed by atoms with E-state index in [-0.39, 0.29) is 0 Å². The Morgan fingerprint density at radius 2 is 1.65 bits per heavy atom. The highest BCUT2D eigenvalue weighted by molar-refractivity contribution is 5.85. The number of nitrogens with one attached hydrogen (secondary N) is 1. The minimum atomic E-state index is 0.832. The number of nitrogen functional groups attached to an aromatic ring is 1. The minimum absolute atomic E-state index is 0.832. The van der Waals surface area contributed by atoms with Gasteiger partial charge in [-0.3, -0.25) is 9.47 Å². The molecule has 31 heavy (non-hydrogen) atoms. The molecule has 0 radical (unpaired) electrons. The van der Waals surface area contributed by atoms with E-state index in [1.165, 1.54) is 28.5 Å². The van der Waals surface area contributed by atoms with E-state index < -0.39 is 0 Å². The number of fused-ring (bicyclic) bond motifs is 1. The van der Waals surface area contributed by atoms with Crippen molar-refractivity contribution in [3.63, 3.8) is 0 Å². The second-order valence-corrected chi connectivity index (χ2v) is 8.38. The third-order valence-electron chi connectivity index (χ3n) is 6.24. The second-order valence-electron chi connectivity index (χ2n) is 8.38. The molecule has 160 valence electrons. The van der Waals surface area contributed by atoms with Gasteiger partial charge in [0.25, 0.3) is 0 Å². The van der Waals surface area contributed by atoms with Crippen molar-refractivity contribution in [1.82, 2.24) is 29.5 Å². The predicted octanol–water partition coefficient (Wildman–Crippen LogP) is 3.08. The zero-order chi connectivity index (χ0) is 21.0. The van der Waals surface area contributed by atoms with Gasteiger partial charge in [0.2, 0.25) is 0 Å². The van der Waals surface area contributed by atoms with Crippen molar-refractivity contribution in [3.8, 4) is 5.69 Å². The van der Waals surface area contributed by atoms with E-state index in [0.717, 1.165) is 57.1 Å². The van der Waals surface area contributed by atoms with E-state index in [4.69, 9.17) is 5.73 Å². The van der Waals surface area contributed by atoms with Crippen molar-refractivity contribution in [2.24, 2.45) is 0 Å². The first-order valence-corrected chi connectivity index (χ1v) is 11.0. The smallest absolute Gasteiger partial charge is 0.123 e. The third kappa shape index (κ3) is 4.62. The van der Waals surface area contributed by atoms with Gasteiger partial charge in [0, 0.05) is 61.2 Å². The summed E-state index contributed by atoms with van der Waals surface area (Å²) in [7, 11) is 0. The van der Waals surface area contributed by atoms with Crippen LogP contribution in [0.5, 0.6) is 0 Å². The SMILES string of the molecule is Nc1ccc(CN2CCN(CCCc3c[nH]c4ccc(-n5cnnc5)cc34)CC2)cc1. The molecular formula is C24H29N7. The first-order valence-electron chi connectivity index (χ1n) is 11.0. The van der Waals surface area contributed by atoms with E-state index >= 15 is 0 Å². The van der Waals surface area contributed by atoms with Crippen LogP contribution in [-0.2, 0) is 13.0 Å². The summed E-state index contributed by atoms with van der Waals surface area (Å²) in [6, 6.07) is 14.7. The molecule has 2 aromatic carbocycles. The maximum Gasteiger partial charge on any atom is 0.123 e. The molecule has 0 amide bonds. The monoisotopic (exact) mass is 415 g/mol. The minimum Gasteiger partial charge on any atom is -0.399 e. The molecule has 7 heteroatoms. The summed E-state index contributed by atoms with van der Waals surface area (Å²) in [6.07, 6.45) is 7.88. The van der Waals surface area contributed by atoms with Crippen molar-refractivity contribution < 1.29 is 0 Å². The molecule has 1 aliphatic rings. The number of piperazine rings is 1. The number of rotatable bonds is 7. The lowest BCUT2D eigenvalue weighted by Crippen LogP contribution is -2.46. The first-order chi connectivity index (χ1) is 15.2. The molecule has 3 heterocycles. The lowest BCUT2D eigenvalue weighted by atomic mass is 10.1. The molecule has 0 unspecified atom stereocenters. The molecule has 1 aliphatic heterocycles. The highest BCUT2D eigenvalue weighted by Gasteiger charge is 2.17. The van der Waals surface area contributed by atoms with Crippen LogP contribution in [0.3, 0.4) is 0 Å². The lowest BCUT2D eigenvalue weighted by molar-refractivity contribution is 0.126. The maximum absolute atomic E-state index is 5.79. The average Bonchev–Trinajstić information content (AvgIpc) is 3.47. The van der Waals surface area contributed by atoms with E-state index in [9.17, 15) is 0 Å². The van der Waals surface area contributed by atoms with Crippen molar-refractivity contribution >= 4 is 16.6 Å². The van der Waals surface area contributed by atoms with Gasteiger partial charge in [-0.1, -0.05) is 12.1 Å². The Labute approximate surface area is 182 Å². The van der Waals surface area contributed by atoms with E-state index in [1.807, 2.05) is 16.7 Å². The van der Waals surface area contributed by atoms with Crippen molar-refractivity contribution in [2.75, 3.05) is 38.5 Å². The number of anilines is 1. The number of nitrogens with zero attached hydrogens (tertiary/aromatic N) is 5. The van der Waals surface area contributed by atoms with Crippen molar-refractivity contribution in [3.05, 3.63) is 72.4 Å². The van der Waals surface area contributed by atoms with Gasteiger partial charge in [-0.05, 0) is 60.8 Å². The highest BCUT2D eigenvalue weighted by atomic mass is 15.3. The molecular weight excluding hydrogens is 386 g/mol. The van der Waals surface area contributed by atoms with Gasteiger partial charge in [0.15, 0.2) is 0 Å². The fourth-order valence-corrected chi connectivity index (χ4v) is 4.41. The molecule has 0 aliphatic carbocycles. The van der Waals surface area contributed by atoms with Crippen LogP contribution in [-0.4, -0.2) is 62.3 Å². The topological polar surface area (TPSA) is 79.0 Å². The van der Waals surface area contributed by atoms with Gasteiger partial charge in [0.05, 0.1) is 0 Å². The zero-order valence-corrected chi connectivity index (χ0v) is 17.7. The molecule has 3 N–H and O–H groups in total. The summed E-state index contributed by atoms with van der Waals surface area (Å²) in [4.78, 5) is 8.54. The number of hydrogen-bond donors (Lipinski definition) is 2. The Kier molecular flexibility index (Phi) is 5.69. The third-order valence-corrected chi connectivity index (χ3v) is 6.24. The summed E-state index contributed by atoms with van der Waals surface area (Å²) in [5.74, 6) is 0. The summed E-state index contributed by atoms with van der Waals surface area (Å²) >= 11 is 0. The normalized spacial score (nSPS) is 15.6. The Morgan fingerprint density at radius 3 is 2.42 bits per heavy atom. The van der Waals surface area contributed by atoms with Crippen molar-refractivity contribution in [2.45, 2.75) is 19.4 Å². The summed E-state index contributed by atoms with van der Waals surface area (Å²) in [6.45, 7) is 6.69. The van der Waals surface area contributed by atoms with Crippen LogP contribution in [0.15, 0.2) is 61.3 Å². The number of benzene rings is 2. The molecule has 0 spiro atoms. The van der Waals surface area contributed by atoms with Crippen LogP contribution in [0.4, 0.5) is 5.69 Å². The van der Waals surface area contributed by atoms with Gasteiger partial charge < -0.3 is 15.6 Å². The summed E-state index contributed by atoms with van der Waals surface area (Å²) in [5, 5.41) is 9.12. The molecule has 2 aromatic heterocycles. The average molecular weight is 416 g/mol. The van der Waals surface area contributed by atoms with Crippen LogP contribution in [0.2, 0.25) is 0 Å². The number of aromatic nitrogens is 4. The molecule has 0 saturated carbocycles. The number of aromatic amines is 1. The fourth-order valence-electron chi connectivity index (χ4n) is 4.41. The Morgan fingerprint density at radius 1 is 0.903 bits per heavy atom. The molecule has 0 atom stereocenters. The van der Waals surface area contributed by atoms with E-state index in [0.29, 0.717) is 0 Å². The standard InChI is InChI=1S/C24H29N7/c25-21-5-3-19(4-6-21)16-30-12-10-29(11-13-30)9-1-2-20-15-26-24-8-7-22(14-23(20)24)31-17-27-28-18-31/h3-8,14-15,17-18,26H,1-2,9-13,16,25H2. The fraction of sp³-hybridized carbons (Fsp3) is 0.333. The van der Waals surface area contributed by atoms with Crippen LogP contribution < -0.4 is 5.73 Å². The van der Waals surface area contributed by atoms with Gasteiger partial charge in [0.1, 0.15) is 12.7 Å². The predicted molar refractivity (Wildman–Crippen MR) is 124 cm³/mol. The van der Waals surface area contributed by atoms with Gasteiger partial charge in [-0.2, -0.15) is 0 Å². The molecule has 1 fully saturated rings. The number of H-pyrrole nitrogens is 1. The van der Waals surface area contributed by atoms with E-state index in [2.05, 4.69) is 61.5 Å². The molecule has 4 aromatic rings. The first kappa shape index (κ1) is 19.8. The highest BCUT2D eigenvalue weighted by Crippen LogP contribution is 2.23. The molecule has 0 bridgehead atoms. The Bertz CT molecular complexity index is 1110. The zero-order valence-electron chi connectivity index (χ0n) is 17.7. The largest absolute Gasteiger partial charge is 0.399 e. The number of aryl methyl sites for hydroxylation is 1.